The summed E-state index contributed by atoms with van der Waals surface area (Å²) in [7, 11) is 1.82. The zero-order valence-corrected chi connectivity index (χ0v) is 15.6. The van der Waals surface area contributed by atoms with Gasteiger partial charge in [0.05, 0.1) is 5.60 Å². The molecule has 0 atom stereocenters. The van der Waals surface area contributed by atoms with Crippen molar-refractivity contribution in [3.8, 4) is 0 Å². The molecule has 0 N–H and O–H groups in total. The van der Waals surface area contributed by atoms with Gasteiger partial charge < -0.3 is 9.64 Å². The van der Waals surface area contributed by atoms with Crippen LogP contribution < -0.4 is 0 Å². The second kappa shape index (κ2) is 8.84. The molecule has 2 aromatic carbocycles. The Hall–Kier alpha value is -1.36. The van der Waals surface area contributed by atoms with Crippen molar-refractivity contribution in [2.75, 3.05) is 32.5 Å². The second-order valence-corrected chi connectivity index (χ2v) is 7.76. The zero-order valence-electron chi connectivity index (χ0n) is 14.8. The van der Waals surface area contributed by atoms with Crippen LogP contribution in [0.4, 0.5) is 4.39 Å². The molecule has 2 nitrogen and oxygen atoms in total. The summed E-state index contributed by atoms with van der Waals surface area (Å²) >= 11 is 1.76. The molecule has 1 fully saturated rings. The van der Waals surface area contributed by atoms with Crippen LogP contribution in [0.5, 0.6) is 0 Å². The fraction of sp³-hybridized carbons (Fsp3) is 0.429. The van der Waals surface area contributed by atoms with Crippen LogP contribution >= 0.6 is 11.8 Å². The summed E-state index contributed by atoms with van der Waals surface area (Å²) in [6, 6.07) is 17.4. The number of hydrogen-bond donors (Lipinski definition) is 0. The molecule has 1 aliphatic rings. The third kappa shape index (κ3) is 5.30. The molecular formula is C21H26FNOS. The molecule has 3 rings (SSSR count). The van der Waals surface area contributed by atoms with Gasteiger partial charge in [0.1, 0.15) is 5.82 Å². The fourth-order valence-corrected chi connectivity index (χ4v) is 4.43. The molecule has 0 aliphatic carbocycles. The SMILES string of the molecule is COC1(CSc2ccc(F)cc2)CCN(CCc2ccccc2)CC1. The van der Waals surface area contributed by atoms with Crippen LogP contribution in [0.15, 0.2) is 59.5 Å². The Balaban J connectivity index is 1.47. The normalized spacial score (nSPS) is 17.5. The Morgan fingerprint density at radius 1 is 1.04 bits per heavy atom. The molecule has 0 bridgehead atoms. The molecule has 1 aliphatic heterocycles. The molecular weight excluding hydrogens is 333 g/mol. The summed E-state index contributed by atoms with van der Waals surface area (Å²) in [5.74, 6) is 0.735. The second-order valence-electron chi connectivity index (χ2n) is 6.71. The van der Waals surface area contributed by atoms with Crippen LogP contribution in [0.2, 0.25) is 0 Å². The van der Waals surface area contributed by atoms with Crippen LogP contribution in [0, 0.1) is 5.82 Å². The molecule has 25 heavy (non-hydrogen) atoms. The van der Waals surface area contributed by atoms with Crippen molar-refractivity contribution in [2.45, 2.75) is 29.8 Å². The van der Waals surface area contributed by atoms with Gasteiger partial charge in [-0.15, -0.1) is 11.8 Å². The van der Waals surface area contributed by atoms with Crippen molar-refractivity contribution in [1.29, 1.82) is 0 Å². The highest BCUT2D eigenvalue weighted by atomic mass is 32.2. The summed E-state index contributed by atoms with van der Waals surface area (Å²) in [5, 5.41) is 0. The minimum Gasteiger partial charge on any atom is -0.377 e. The van der Waals surface area contributed by atoms with Gasteiger partial charge in [0.2, 0.25) is 0 Å². The van der Waals surface area contributed by atoms with E-state index in [1.807, 2.05) is 19.2 Å². The van der Waals surface area contributed by atoms with Crippen LogP contribution in [0.25, 0.3) is 0 Å². The largest absolute Gasteiger partial charge is 0.377 e. The number of likely N-dealkylation sites (tertiary alicyclic amines) is 1. The molecule has 0 amide bonds. The van der Waals surface area contributed by atoms with Crippen molar-refractivity contribution >= 4 is 11.8 Å². The van der Waals surface area contributed by atoms with E-state index < -0.39 is 0 Å². The summed E-state index contributed by atoms with van der Waals surface area (Å²) in [4.78, 5) is 3.64. The molecule has 0 radical (unpaired) electrons. The van der Waals surface area contributed by atoms with Crippen LogP contribution in [-0.2, 0) is 11.2 Å². The molecule has 0 spiro atoms. The molecule has 1 heterocycles. The van der Waals surface area contributed by atoms with Gasteiger partial charge in [-0.2, -0.15) is 0 Å². The first-order chi connectivity index (χ1) is 12.2. The molecule has 0 saturated carbocycles. The highest BCUT2D eigenvalue weighted by Gasteiger charge is 2.34. The Bertz CT molecular complexity index is 639. The molecule has 1 saturated heterocycles. The third-order valence-electron chi connectivity index (χ3n) is 5.08. The summed E-state index contributed by atoms with van der Waals surface area (Å²) in [6.07, 6.45) is 3.20. The molecule has 0 aromatic heterocycles. The van der Waals surface area contributed by atoms with E-state index in [-0.39, 0.29) is 11.4 Å². The van der Waals surface area contributed by atoms with E-state index in [0.717, 1.165) is 49.5 Å². The van der Waals surface area contributed by atoms with Gasteiger partial charge in [-0.1, -0.05) is 30.3 Å². The van der Waals surface area contributed by atoms with Gasteiger partial charge in [-0.25, -0.2) is 4.39 Å². The van der Waals surface area contributed by atoms with E-state index in [9.17, 15) is 4.39 Å². The van der Waals surface area contributed by atoms with Gasteiger partial charge in [0.25, 0.3) is 0 Å². The maximum atomic E-state index is 13.0. The van der Waals surface area contributed by atoms with Crippen LogP contribution in [-0.4, -0.2) is 43.0 Å². The number of piperidine rings is 1. The number of halogens is 1. The van der Waals surface area contributed by atoms with E-state index in [4.69, 9.17) is 4.74 Å². The number of rotatable bonds is 7. The van der Waals surface area contributed by atoms with Crippen molar-refractivity contribution in [2.24, 2.45) is 0 Å². The lowest BCUT2D eigenvalue weighted by Crippen LogP contribution is -2.47. The standard InChI is InChI=1S/C21H26FNOS/c1-24-21(17-25-20-9-7-19(22)8-10-20)12-15-23(16-13-21)14-11-18-5-3-2-4-6-18/h2-10H,11-17H2,1H3. The van der Waals surface area contributed by atoms with Crippen LogP contribution in [0.1, 0.15) is 18.4 Å². The third-order valence-corrected chi connectivity index (χ3v) is 6.35. The predicted molar refractivity (Wildman–Crippen MR) is 103 cm³/mol. The van der Waals surface area contributed by atoms with Gasteiger partial charge in [-0.3, -0.25) is 0 Å². The lowest BCUT2D eigenvalue weighted by Gasteiger charge is -2.40. The Kier molecular flexibility index (Phi) is 6.51. The monoisotopic (exact) mass is 359 g/mol. The zero-order chi connectivity index (χ0) is 17.5. The summed E-state index contributed by atoms with van der Waals surface area (Å²) < 4.78 is 18.9. The van der Waals surface area contributed by atoms with Crippen molar-refractivity contribution < 1.29 is 9.13 Å². The van der Waals surface area contributed by atoms with Crippen molar-refractivity contribution in [3.63, 3.8) is 0 Å². The highest BCUT2D eigenvalue weighted by molar-refractivity contribution is 7.99. The Morgan fingerprint density at radius 2 is 1.72 bits per heavy atom. The number of benzene rings is 2. The first-order valence-corrected chi connectivity index (χ1v) is 9.87. The van der Waals surface area contributed by atoms with Crippen LogP contribution in [0.3, 0.4) is 0 Å². The lowest BCUT2D eigenvalue weighted by atomic mass is 9.93. The topological polar surface area (TPSA) is 12.5 Å². The van der Waals surface area contributed by atoms with Crippen molar-refractivity contribution in [3.05, 3.63) is 66.0 Å². The Labute approximate surface area is 154 Å². The summed E-state index contributed by atoms with van der Waals surface area (Å²) in [5.41, 5.74) is 1.33. The van der Waals surface area contributed by atoms with E-state index >= 15 is 0 Å². The summed E-state index contributed by atoms with van der Waals surface area (Å²) in [6.45, 7) is 3.25. The van der Waals surface area contributed by atoms with E-state index in [0.29, 0.717) is 0 Å². The minimum absolute atomic E-state index is 0.0672. The number of ether oxygens (including phenoxy) is 1. The molecule has 4 heteroatoms. The highest BCUT2D eigenvalue weighted by Crippen LogP contribution is 2.32. The number of hydrogen-bond acceptors (Lipinski definition) is 3. The molecule has 134 valence electrons. The molecule has 2 aromatic rings. The lowest BCUT2D eigenvalue weighted by molar-refractivity contribution is -0.0385. The first-order valence-electron chi connectivity index (χ1n) is 8.89. The van der Waals surface area contributed by atoms with Gasteiger partial charge >= 0.3 is 0 Å². The first kappa shape index (κ1) is 18.4. The number of thioether (sulfide) groups is 1. The number of methoxy groups -OCH3 is 1. The fourth-order valence-electron chi connectivity index (χ4n) is 3.27. The van der Waals surface area contributed by atoms with Crippen molar-refractivity contribution in [1.82, 2.24) is 4.90 Å². The number of nitrogens with zero attached hydrogens (tertiary/aromatic N) is 1. The smallest absolute Gasteiger partial charge is 0.123 e. The average molecular weight is 360 g/mol. The Morgan fingerprint density at radius 3 is 2.36 bits per heavy atom. The van der Waals surface area contributed by atoms with E-state index in [1.165, 1.54) is 17.7 Å². The van der Waals surface area contributed by atoms with E-state index in [2.05, 4.69) is 35.2 Å². The van der Waals surface area contributed by atoms with Gasteiger partial charge in [-0.05, 0) is 49.1 Å². The maximum absolute atomic E-state index is 13.0. The average Bonchev–Trinajstić information content (AvgIpc) is 2.68. The van der Waals surface area contributed by atoms with Gasteiger partial charge in [0.15, 0.2) is 0 Å². The van der Waals surface area contributed by atoms with Gasteiger partial charge in [0, 0.05) is 37.4 Å². The van der Waals surface area contributed by atoms with E-state index in [1.54, 1.807) is 11.8 Å². The maximum Gasteiger partial charge on any atom is 0.123 e. The predicted octanol–water partition coefficient (Wildman–Crippen LogP) is 4.64. The molecule has 0 unspecified atom stereocenters. The minimum atomic E-state index is -0.183. The quantitative estimate of drug-likeness (QED) is 0.668.